The zero-order valence-electron chi connectivity index (χ0n) is 16.1. The molecule has 0 amide bonds. The maximum atomic E-state index is 13.7. The fourth-order valence-corrected chi connectivity index (χ4v) is 4.42. The van der Waals surface area contributed by atoms with Crippen LogP contribution in [0.25, 0.3) is 11.0 Å². The van der Waals surface area contributed by atoms with Crippen LogP contribution in [0.4, 0.5) is 4.39 Å². The van der Waals surface area contributed by atoms with Crippen molar-refractivity contribution in [2.75, 3.05) is 19.6 Å². The second-order valence-electron chi connectivity index (χ2n) is 7.84. The van der Waals surface area contributed by atoms with E-state index in [9.17, 15) is 9.18 Å². The second-order valence-corrected chi connectivity index (χ2v) is 7.84. The Hall–Kier alpha value is -2.93. The fourth-order valence-electron chi connectivity index (χ4n) is 4.42. The minimum absolute atomic E-state index is 0.00318. The lowest BCUT2D eigenvalue weighted by molar-refractivity contribution is 0.0856. The monoisotopic (exact) mass is 394 g/mol. The zero-order valence-corrected chi connectivity index (χ0v) is 16.1. The summed E-state index contributed by atoms with van der Waals surface area (Å²) in [4.78, 5) is 23.2. The van der Waals surface area contributed by atoms with Crippen molar-refractivity contribution >= 4 is 16.7 Å². The van der Waals surface area contributed by atoms with Crippen LogP contribution in [0.2, 0.25) is 0 Å². The molecule has 1 unspecified atom stereocenters. The van der Waals surface area contributed by atoms with Gasteiger partial charge in [-0.3, -0.25) is 9.47 Å². The highest BCUT2D eigenvalue weighted by atomic mass is 19.1. The zero-order chi connectivity index (χ0) is 19.8. The molecule has 2 aliphatic rings. The van der Waals surface area contributed by atoms with Gasteiger partial charge in [0, 0.05) is 32.1 Å². The van der Waals surface area contributed by atoms with Crippen molar-refractivity contribution < 1.29 is 9.23 Å². The van der Waals surface area contributed by atoms with E-state index in [1.807, 2.05) is 18.2 Å². The van der Waals surface area contributed by atoms with Gasteiger partial charge >= 0.3 is 5.69 Å². The van der Waals surface area contributed by atoms with E-state index in [-0.39, 0.29) is 23.7 Å². The molecule has 1 saturated heterocycles. The van der Waals surface area contributed by atoms with Crippen LogP contribution in [-0.2, 0) is 4.84 Å². The van der Waals surface area contributed by atoms with Crippen molar-refractivity contribution in [2.45, 2.75) is 31.4 Å². The molecule has 150 valence electrons. The number of likely N-dealkylation sites (tertiary alicyclic amines) is 1. The van der Waals surface area contributed by atoms with E-state index >= 15 is 0 Å². The summed E-state index contributed by atoms with van der Waals surface area (Å²) in [7, 11) is 0. The van der Waals surface area contributed by atoms with E-state index < -0.39 is 0 Å². The van der Waals surface area contributed by atoms with Crippen molar-refractivity contribution in [1.82, 2.24) is 14.5 Å². The molecule has 6 nitrogen and oxygen atoms in total. The maximum absolute atomic E-state index is 13.7. The predicted octanol–water partition coefficient (Wildman–Crippen LogP) is 3.62. The minimum atomic E-state index is -0.324. The Morgan fingerprint density at radius 2 is 1.93 bits per heavy atom. The molecule has 0 radical (unpaired) electrons. The highest BCUT2D eigenvalue weighted by Gasteiger charge is 2.27. The Morgan fingerprint density at radius 1 is 1.14 bits per heavy atom. The van der Waals surface area contributed by atoms with Gasteiger partial charge in [0.2, 0.25) is 0 Å². The lowest BCUT2D eigenvalue weighted by atomic mass is 10.0. The Balaban J connectivity index is 1.21. The van der Waals surface area contributed by atoms with E-state index in [1.165, 1.54) is 12.1 Å². The lowest BCUT2D eigenvalue weighted by Crippen LogP contribution is -2.39. The van der Waals surface area contributed by atoms with Crippen LogP contribution in [0, 0.1) is 5.82 Å². The third-order valence-electron chi connectivity index (χ3n) is 5.91. The van der Waals surface area contributed by atoms with Crippen LogP contribution in [0.5, 0.6) is 0 Å². The Kier molecular flexibility index (Phi) is 4.67. The fraction of sp³-hybridized carbons (Fsp3) is 0.364. The number of hydrogen-bond acceptors (Lipinski definition) is 4. The summed E-state index contributed by atoms with van der Waals surface area (Å²) in [5.74, 6) is -0.324. The van der Waals surface area contributed by atoms with E-state index in [4.69, 9.17) is 4.84 Å². The third-order valence-corrected chi connectivity index (χ3v) is 5.91. The van der Waals surface area contributed by atoms with E-state index in [0.717, 1.165) is 50.2 Å². The molecule has 5 rings (SSSR count). The van der Waals surface area contributed by atoms with Crippen molar-refractivity contribution in [3.63, 3.8) is 0 Å². The average Bonchev–Trinajstić information content (AvgIpc) is 3.33. The molecule has 1 N–H and O–H groups in total. The highest BCUT2D eigenvalue weighted by Crippen LogP contribution is 2.29. The minimum Gasteiger partial charge on any atom is -0.387 e. The topological polar surface area (TPSA) is 62.6 Å². The number of hydrogen-bond donors (Lipinski definition) is 1. The van der Waals surface area contributed by atoms with Gasteiger partial charge in [0.15, 0.2) is 6.10 Å². The first-order chi connectivity index (χ1) is 14.2. The summed E-state index contributed by atoms with van der Waals surface area (Å²) >= 11 is 0. The smallest absolute Gasteiger partial charge is 0.326 e. The molecule has 3 heterocycles. The Morgan fingerprint density at radius 3 is 2.72 bits per heavy atom. The number of fused-ring (bicyclic) bond motifs is 1. The molecule has 29 heavy (non-hydrogen) atoms. The number of rotatable bonds is 4. The molecule has 7 heteroatoms. The maximum Gasteiger partial charge on any atom is 0.326 e. The summed E-state index contributed by atoms with van der Waals surface area (Å²) in [5, 5.41) is 4.29. The first-order valence-corrected chi connectivity index (χ1v) is 10.1. The van der Waals surface area contributed by atoms with E-state index in [0.29, 0.717) is 11.0 Å². The predicted molar refractivity (Wildman–Crippen MR) is 110 cm³/mol. The molecule has 2 aromatic carbocycles. The number of piperidine rings is 1. The van der Waals surface area contributed by atoms with Crippen LogP contribution >= 0.6 is 0 Å². The molecule has 0 saturated carbocycles. The van der Waals surface area contributed by atoms with Crippen molar-refractivity contribution in [2.24, 2.45) is 5.16 Å². The van der Waals surface area contributed by atoms with Crippen molar-refractivity contribution in [1.29, 1.82) is 0 Å². The largest absolute Gasteiger partial charge is 0.387 e. The summed E-state index contributed by atoms with van der Waals surface area (Å²) in [5.41, 5.74) is 3.37. The number of aromatic nitrogens is 2. The number of nitrogens with one attached hydrogen (secondary N) is 1. The number of imidazole rings is 1. The molecule has 0 aliphatic carbocycles. The standard InChI is InChI=1S/C22H23FN4O2/c23-16-6-7-19-20(12-16)27(22(28)24-19)18-8-10-26(11-9-18)14-17-13-21(29-25-17)15-4-2-1-3-5-15/h1-7,12,18,21H,8-11,13-14H2,(H,24,28). The van der Waals surface area contributed by atoms with Crippen molar-refractivity contribution in [3.8, 4) is 0 Å². The van der Waals surface area contributed by atoms with Crippen LogP contribution < -0.4 is 5.69 Å². The SMILES string of the molecule is O=c1[nH]c2ccc(F)cc2n1C1CCN(CC2=NOC(c3ccccc3)C2)CC1. The Bertz CT molecular complexity index is 1100. The molecular weight excluding hydrogens is 371 g/mol. The number of oxime groups is 1. The molecule has 1 atom stereocenters. The van der Waals surface area contributed by atoms with Gasteiger partial charge in [0.25, 0.3) is 0 Å². The second kappa shape index (κ2) is 7.48. The van der Waals surface area contributed by atoms with Crippen LogP contribution in [0.1, 0.15) is 37.0 Å². The summed E-state index contributed by atoms with van der Waals surface area (Å²) in [6, 6.07) is 14.7. The van der Waals surface area contributed by atoms with Crippen LogP contribution in [-0.4, -0.2) is 39.8 Å². The molecular formula is C22H23FN4O2. The van der Waals surface area contributed by atoms with Gasteiger partial charge in [-0.25, -0.2) is 9.18 Å². The highest BCUT2D eigenvalue weighted by molar-refractivity contribution is 5.87. The van der Waals surface area contributed by atoms with E-state index in [1.54, 1.807) is 10.6 Å². The van der Waals surface area contributed by atoms with Crippen molar-refractivity contribution in [3.05, 3.63) is 70.4 Å². The summed E-state index contributed by atoms with van der Waals surface area (Å²) in [6.07, 6.45) is 2.51. The van der Waals surface area contributed by atoms with Gasteiger partial charge < -0.3 is 9.82 Å². The molecule has 1 fully saturated rings. The Labute approximate surface area is 167 Å². The summed E-state index contributed by atoms with van der Waals surface area (Å²) in [6.45, 7) is 2.52. The van der Waals surface area contributed by atoms with E-state index in [2.05, 4.69) is 27.2 Å². The van der Waals surface area contributed by atoms with Gasteiger partial charge in [-0.2, -0.15) is 0 Å². The normalized spacial score (nSPS) is 20.7. The number of aromatic amines is 1. The third kappa shape index (κ3) is 3.58. The van der Waals surface area contributed by atoms with Gasteiger partial charge in [-0.1, -0.05) is 35.5 Å². The average molecular weight is 394 g/mol. The quantitative estimate of drug-likeness (QED) is 0.735. The molecule has 1 aromatic heterocycles. The molecule has 2 aliphatic heterocycles. The lowest BCUT2D eigenvalue weighted by Gasteiger charge is -2.32. The van der Waals surface area contributed by atoms with Gasteiger partial charge in [-0.15, -0.1) is 0 Å². The molecule has 3 aromatic rings. The molecule has 0 bridgehead atoms. The number of benzene rings is 2. The van der Waals surface area contributed by atoms with Crippen LogP contribution in [0.15, 0.2) is 58.5 Å². The van der Waals surface area contributed by atoms with Gasteiger partial charge in [0.05, 0.1) is 16.7 Å². The first kappa shape index (κ1) is 18.1. The van der Waals surface area contributed by atoms with Gasteiger partial charge in [-0.05, 0) is 36.6 Å². The van der Waals surface area contributed by atoms with Gasteiger partial charge in [0.1, 0.15) is 5.82 Å². The first-order valence-electron chi connectivity index (χ1n) is 10.1. The molecule has 0 spiro atoms. The number of nitrogens with zero attached hydrogens (tertiary/aromatic N) is 3. The van der Waals surface area contributed by atoms with Crippen LogP contribution in [0.3, 0.4) is 0 Å². The number of H-pyrrole nitrogens is 1. The summed E-state index contributed by atoms with van der Waals surface area (Å²) < 4.78 is 15.4. The number of halogens is 1.